The molecular weight excluding hydrogens is 352 g/mol. The first kappa shape index (κ1) is 21.2. The molecule has 0 aliphatic rings. The lowest BCUT2D eigenvalue weighted by atomic mass is 9.89. The molecule has 6 N–H and O–H groups in total. The van der Waals surface area contributed by atoms with Crippen molar-refractivity contribution in [1.82, 2.24) is 0 Å². The van der Waals surface area contributed by atoms with Gasteiger partial charge in [0, 0.05) is 11.1 Å². The molecule has 2 rings (SSSR count). The van der Waals surface area contributed by atoms with E-state index in [9.17, 15) is 4.79 Å². The molecule has 0 aliphatic carbocycles. The van der Waals surface area contributed by atoms with Gasteiger partial charge in [-0.05, 0) is 42.4 Å². The second-order valence-electron chi connectivity index (χ2n) is 6.87. The molecule has 28 heavy (non-hydrogen) atoms. The van der Waals surface area contributed by atoms with E-state index in [2.05, 4.69) is 0 Å². The van der Waals surface area contributed by atoms with Gasteiger partial charge in [0.25, 0.3) is 0 Å². The van der Waals surface area contributed by atoms with E-state index in [1.165, 1.54) is 12.7 Å². The van der Waals surface area contributed by atoms with Crippen LogP contribution in [-0.4, -0.2) is 24.8 Å². The Kier molecular flexibility index (Phi) is 7.75. The van der Waals surface area contributed by atoms with Gasteiger partial charge in [0.05, 0.1) is 13.5 Å². The highest BCUT2D eigenvalue weighted by molar-refractivity contribution is 5.95. The van der Waals surface area contributed by atoms with Crippen molar-refractivity contribution in [1.29, 1.82) is 10.8 Å². The highest BCUT2D eigenvalue weighted by atomic mass is 16.5. The zero-order valence-corrected chi connectivity index (χ0v) is 16.2. The Morgan fingerprint density at radius 2 is 1.68 bits per heavy atom. The number of nitrogen functional groups attached to an aromatic ring is 2. The van der Waals surface area contributed by atoms with Crippen LogP contribution >= 0.6 is 0 Å². The minimum Gasteiger partial charge on any atom is -0.469 e. The van der Waals surface area contributed by atoms with Gasteiger partial charge >= 0.3 is 5.97 Å². The number of methoxy groups -OCH3 is 1. The second kappa shape index (κ2) is 10.3. The zero-order valence-electron chi connectivity index (χ0n) is 16.2. The summed E-state index contributed by atoms with van der Waals surface area (Å²) >= 11 is 0. The molecule has 0 aromatic heterocycles. The first-order valence-corrected chi connectivity index (χ1v) is 9.35. The molecule has 0 spiro atoms. The summed E-state index contributed by atoms with van der Waals surface area (Å²) < 4.78 is 4.85. The van der Waals surface area contributed by atoms with Crippen molar-refractivity contribution in [3.63, 3.8) is 0 Å². The van der Waals surface area contributed by atoms with E-state index < -0.39 is 0 Å². The Morgan fingerprint density at radius 3 is 2.29 bits per heavy atom. The van der Waals surface area contributed by atoms with Gasteiger partial charge in [-0.15, -0.1) is 0 Å². The Bertz CT molecular complexity index is 831. The van der Waals surface area contributed by atoms with Crippen LogP contribution in [0.5, 0.6) is 0 Å². The minimum absolute atomic E-state index is 0.0210. The van der Waals surface area contributed by atoms with Gasteiger partial charge < -0.3 is 16.2 Å². The van der Waals surface area contributed by atoms with Gasteiger partial charge in [-0.1, -0.05) is 48.9 Å². The fraction of sp³-hybridized carbons (Fsp3) is 0.318. The summed E-state index contributed by atoms with van der Waals surface area (Å²) in [7, 11) is 1.40. The molecule has 0 saturated carbocycles. The van der Waals surface area contributed by atoms with Gasteiger partial charge in [-0.25, -0.2) is 0 Å². The summed E-state index contributed by atoms with van der Waals surface area (Å²) in [4.78, 5) is 11.8. The first-order valence-electron chi connectivity index (χ1n) is 9.35. The highest BCUT2D eigenvalue weighted by Crippen LogP contribution is 2.27. The molecule has 2 aromatic rings. The predicted molar refractivity (Wildman–Crippen MR) is 112 cm³/mol. The summed E-state index contributed by atoms with van der Waals surface area (Å²) in [5.74, 6) is -0.109. The molecule has 148 valence electrons. The van der Waals surface area contributed by atoms with E-state index in [-0.39, 0.29) is 23.6 Å². The van der Waals surface area contributed by atoms with Crippen molar-refractivity contribution in [3.8, 4) is 0 Å². The molecule has 0 fully saturated rings. The number of benzene rings is 2. The number of carbonyl (C=O) groups is 1. The maximum absolute atomic E-state index is 11.8. The lowest BCUT2D eigenvalue weighted by Gasteiger charge is -2.17. The molecule has 6 nitrogen and oxygen atoms in total. The third-order valence-electron chi connectivity index (χ3n) is 4.84. The zero-order chi connectivity index (χ0) is 20.5. The van der Waals surface area contributed by atoms with E-state index in [0.29, 0.717) is 12.0 Å². The van der Waals surface area contributed by atoms with Crippen LogP contribution in [0.1, 0.15) is 53.9 Å². The normalized spacial score (nSPS) is 11.6. The van der Waals surface area contributed by atoms with Crippen molar-refractivity contribution in [3.05, 3.63) is 70.8 Å². The van der Waals surface area contributed by atoms with Crippen molar-refractivity contribution in [2.75, 3.05) is 7.11 Å². The molecule has 0 radical (unpaired) electrons. The van der Waals surface area contributed by atoms with E-state index in [0.717, 1.165) is 36.8 Å². The minimum atomic E-state index is -0.238. The van der Waals surface area contributed by atoms with Crippen LogP contribution in [-0.2, 0) is 16.0 Å². The number of carbonyl (C=O) groups excluding carboxylic acids is 1. The Balaban J connectivity index is 1.97. The van der Waals surface area contributed by atoms with E-state index >= 15 is 0 Å². The predicted octanol–water partition coefficient (Wildman–Crippen LogP) is 3.31. The van der Waals surface area contributed by atoms with Crippen molar-refractivity contribution in [2.45, 2.75) is 38.0 Å². The van der Waals surface area contributed by atoms with Gasteiger partial charge in [-0.2, -0.15) is 0 Å². The van der Waals surface area contributed by atoms with Crippen LogP contribution < -0.4 is 11.5 Å². The second-order valence-corrected chi connectivity index (χ2v) is 6.87. The summed E-state index contributed by atoms with van der Waals surface area (Å²) in [6.45, 7) is 0. The summed E-state index contributed by atoms with van der Waals surface area (Å²) in [6, 6.07) is 15.3. The average molecular weight is 380 g/mol. The van der Waals surface area contributed by atoms with Crippen LogP contribution in [0, 0.1) is 10.8 Å². The standard InChI is InChI=1S/C22H28N4O2/c1-28-20(27)14-18(17-7-4-8-19(13-17)22(25)26)6-3-2-5-15-9-11-16(12-10-15)21(23)24/h4,7-13,18H,2-3,5-6,14H2,1H3,(H3,23,24)(H3,25,26). The number of esters is 1. The van der Waals surface area contributed by atoms with E-state index in [4.69, 9.17) is 27.0 Å². The molecule has 2 aromatic carbocycles. The lowest BCUT2D eigenvalue weighted by Crippen LogP contribution is -2.13. The number of aryl methyl sites for hydroxylation is 1. The number of hydrogen-bond donors (Lipinski definition) is 4. The third-order valence-corrected chi connectivity index (χ3v) is 4.84. The Morgan fingerprint density at radius 1 is 1.00 bits per heavy atom. The fourth-order valence-corrected chi connectivity index (χ4v) is 3.20. The maximum Gasteiger partial charge on any atom is 0.306 e. The maximum atomic E-state index is 11.8. The number of amidine groups is 2. The summed E-state index contributed by atoms with van der Waals surface area (Å²) in [5.41, 5.74) is 14.7. The molecule has 1 atom stereocenters. The molecule has 1 unspecified atom stereocenters. The molecular formula is C22H28N4O2. The first-order chi connectivity index (χ1) is 13.4. The molecule has 0 bridgehead atoms. The van der Waals surface area contributed by atoms with Crippen LogP contribution in [0.15, 0.2) is 48.5 Å². The third kappa shape index (κ3) is 6.23. The average Bonchev–Trinajstić information content (AvgIpc) is 2.70. The fourth-order valence-electron chi connectivity index (χ4n) is 3.20. The van der Waals surface area contributed by atoms with Gasteiger partial charge in [0.1, 0.15) is 11.7 Å². The number of unbranched alkanes of at least 4 members (excludes halogenated alkanes) is 1. The van der Waals surface area contributed by atoms with Gasteiger partial charge in [0.15, 0.2) is 0 Å². The van der Waals surface area contributed by atoms with Crippen molar-refractivity contribution in [2.24, 2.45) is 11.5 Å². The van der Waals surface area contributed by atoms with Crippen LogP contribution in [0.4, 0.5) is 0 Å². The SMILES string of the molecule is COC(=O)CC(CCCCc1ccc(C(=N)N)cc1)c1cccc(C(=N)N)c1. The van der Waals surface area contributed by atoms with E-state index in [1.807, 2.05) is 42.5 Å². The van der Waals surface area contributed by atoms with Crippen LogP contribution in [0.2, 0.25) is 0 Å². The molecule has 0 heterocycles. The number of hydrogen-bond acceptors (Lipinski definition) is 4. The molecule has 6 heteroatoms. The number of ether oxygens (including phenoxy) is 1. The summed E-state index contributed by atoms with van der Waals surface area (Å²) in [5, 5.41) is 15.1. The number of nitrogens with one attached hydrogen (secondary N) is 2. The van der Waals surface area contributed by atoms with Crippen LogP contribution in [0.25, 0.3) is 0 Å². The quantitative estimate of drug-likeness (QED) is 0.218. The number of nitrogens with two attached hydrogens (primary N) is 2. The van der Waals surface area contributed by atoms with Crippen molar-refractivity contribution >= 4 is 17.6 Å². The highest BCUT2D eigenvalue weighted by Gasteiger charge is 2.17. The summed E-state index contributed by atoms with van der Waals surface area (Å²) in [6.07, 6.45) is 4.04. The molecule has 0 saturated heterocycles. The van der Waals surface area contributed by atoms with Gasteiger partial charge in [-0.3, -0.25) is 15.6 Å². The Hall–Kier alpha value is -3.15. The monoisotopic (exact) mass is 380 g/mol. The Labute approximate surface area is 165 Å². The van der Waals surface area contributed by atoms with E-state index in [1.54, 1.807) is 6.07 Å². The number of rotatable bonds is 10. The smallest absolute Gasteiger partial charge is 0.306 e. The molecule has 0 aliphatic heterocycles. The van der Waals surface area contributed by atoms with Crippen LogP contribution in [0.3, 0.4) is 0 Å². The lowest BCUT2D eigenvalue weighted by molar-refractivity contribution is -0.141. The van der Waals surface area contributed by atoms with Gasteiger partial charge in [0.2, 0.25) is 0 Å². The molecule has 0 amide bonds. The largest absolute Gasteiger partial charge is 0.469 e. The van der Waals surface area contributed by atoms with Crippen molar-refractivity contribution < 1.29 is 9.53 Å². The topological polar surface area (TPSA) is 126 Å².